The molecule has 2 atom stereocenters. The van der Waals surface area contributed by atoms with Crippen molar-refractivity contribution >= 4 is 23.4 Å². The van der Waals surface area contributed by atoms with Gasteiger partial charge in [0.1, 0.15) is 0 Å². The molecule has 7 heteroatoms. The van der Waals surface area contributed by atoms with Crippen LogP contribution >= 0.6 is 0 Å². The topological polar surface area (TPSA) is 87.9 Å². The molecule has 1 aromatic carbocycles. The quantitative estimate of drug-likeness (QED) is 0.667. The SMILES string of the molecule is C[C@H]1CN(C(=O)OCC2CC2)c2cc(C(CN)CNC3CC3)ccc2N1C(=O)C1CC1. The van der Waals surface area contributed by atoms with E-state index in [4.69, 9.17) is 10.5 Å². The van der Waals surface area contributed by atoms with Crippen LogP contribution in [0.1, 0.15) is 56.9 Å². The third-order valence-electron chi connectivity index (χ3n) is 6.95. The summed E-state index contributed by atoms with van der Waals surface area (Å²) < 4.78 is 5.63. The second-order valence-corrected chi connectivity index (χ2v) is 9.83. The van der Waals surface area contributed by atoms with E-state index in [0.29, 0.717) is 31.7 Å². The minimum absolute atomic E-state index is 0.0817. The number of anilines is 2. The summed E-state index contributed by atoms with van der Waals surface area (Å²) in [5.74, 6) is 0.989. The van der Waals surface area contributed by atoms with Crippen molar-refractivity contribution in [2.75, 3.05) is 36.0 Å². The zero-order valence-electron chi connectivity index (χ0n) is 18.4. The summed E-state index contributed by atoms with van der Waals surface area (Å²) in [6.07, 6.45) is 6.36. The van der Waals surface area contributed by atoms with Gasteiger partial charge < -0.3 is 20.7 Å². The van der Waals surface area contributed by atoms with Gasteiger partial charge in [-0.25, -0.2) is 4.79 Å². The highest BCUT2D eigenvalue weighted by molar-refractivity contribution is 6.04. The monoisotopic (exact) mass is 426 g/mol. The fourth-order valence-electron chi connectivity index (χ4n) is 4.42. The number of carbonyl (C=O) groups is 2. The minimum Gasteiger partial charge on any atom is -0.449 e. The molecule has 3 fully saturated rings. The molecule has 0 aromatic heterocycles. The Balaban J connectivity index is 1.43. The third kappa shape index (κ3) is 4.58. The molecule has 1 aliphatic heterocycles. The predicted molar refractivity (Wildman–Crippen MR) is 120 cm³/mol. The molecule has 0 radical (unpaired) electrons. The fraction of sp³-hybridized carbons (Fsp3) is 0.667. The van der Waals surface area contributed by atoms with Crippen molar-refractivity contribution in [3.05, 3.63) is 23.8 Å². The van der Waals surface area contributed by atoms with Gasteiger partial charge in [-0.3, -0.25) is 9.69 Å². The van der Waals surface area contributed by atoms with Gasteiger partial charge in [-0.05, 0) is 69.1 Å². The van der Waals surface area contributed by atoms with Crippen molar-refractivity contribution in [3.8, 4) is 0 Å². The maximum atomic E-state index is 13.1. The van der Waals surface area contributed by atoms with Crippen LogP contribution in [0.15, 0.2) is 18.2 Å². The van der Waals surface area contributed by atoms with E-state index in [9.17, 15) is 9.59 Å². The molecule has 0 saturated heterocycles. The van der Waals surface area contributed by atoms with E-state index in [1.807, 2.05) is 17.9 Å². The van der Waals surface area contributed by atoms with Gasteiger partial charge in [-0.15, -0.1) is 0 Å². The van der Waals surface area contributed by atoms with Gasteiger partial charge >= 0.3 is 6.09 Å². The van der Waals surface area contributed by atoms with Gasteiger partial charge in [-0.2, -0.15) is 0 Å². The first-order valence-electron chi connectivity index (χ1n) is 11.9. The van der Waals surface area contributed by atoms with Crippen molar-refractivity contribution in [2.45, 2.75) is 63.5 Å². The predicted octanol–water partition coefficient (Wildman–Crippen LogP) is 2.98. The zero-order chi connectivity index (χ0) is 21.5. The van der Waals surface area contributed by atoms with Crippen molar-refractivity contribution in [3.63, 3.8) is 0 Å². The highest BCUT2D eigenvalue weighted by Crippen LogP contribution is 2.42. The number of hydrogen-bond acceptors (Lipinski definition) is 5. The Bertz CT molecular complexity index is 847. The largest absolute Gasteiger partial charge is 0.449 e. The molecule has 2 amide bonds. The van der Waals surface area contributed by atoms with E-state index in [1.54, 1.807) is 4.90 Å². The average Bonchev–Trinajstić information content (AvgIpc) is 3.64. The number of nitrogens with one attached hydrogen (secondary N) is 1. The average molecular weight is 427 g/mol. The molecule has 7 nitrogen and oxygen atoms in total. The van der Waals surface area contributed by atoms with Gasteiger partial charge in [0.2, 0.25) is 5.91 Å². The van der Waals surface area contributed by atoms with Gasteiger partial charge in [0, 0.05) is 37.5 Å². The smallest absolute Gasteiger partial charge is 0.414 e. The number of rotatable bonds is 8. The highest BCUT2D eigenvalue weighted by Gasteiger charge is 2.41. The summed E-state index contributed by atoms with van der Waals surface area (Å²) in [6, 6.07) is 6.67. The Hall–Kier alpha value is -2.12. The number of ether oxygens (including phenoxy) is 1. The van der Waals surface area contributed by atoms with Crippen molar-refractivity contribution in [2.24, 2.45) is 17.6 Å². The molecule has 3 saturated carbocycles. The fourth-order valence-corrected chi connectivity index (χ4v) is 4.42. The number of nitrogens with two attached hydrogens (primary N) is 1. The molecule has 0 spiro atoms. The molecule has 168 valence electrons. The van der Waals surface area contributed by atoms with E-state index >= 15 is 0 Å². The minimum atomic E-state index is -0.309. The Labute approximate surface area is 184 Å². The van der Waals surface area contributed by atoms with Crippen LogP contribution in [-0.2, 0) is 9.53 Å². The summed E-state index contributed by atoms with van der Waals surface area (Å²) in [4.78, 5) is 29.7. The van der Waals surface area contributed by atoms with Crippen LogP contribution in [0.25, 0.3) is 0 Å². The van der Waals surface area contributed by atoms with Gasteiger partial charge in [0.05, 0.1) is 24.0 Å². The first-order valence-corrected chi connectivity index (χ1v) is 11.9. The van der Waals surface area contributed by atoms with Gasteiger partial charge in [-0.1, -0.05) is 6.07 Å². The normalized spacial score (nSPS) is 24.0. The maximum absolute atomic E-state index is 13.1. The highest BCUT2D eigenvalue weighted by atomic mass is 16.6. The number of benzene rings is 1. The first-order chi connectivity index (χ1) is 15.0. The van der Waals surface area contributed by atoms with Crippen LogP contribution in [-0.4, -0.2) is 50.3 Å². The summed E-state index contributed by atoms with van der Waals surface area (Å²) >= 11 is 0. The second kappa shape index (κ2) is 8.43. The molecule has 3 aliphatic carbocycles. The summed E-state index contributed by atoms with van der Waals surface area (Å²) in [6.45, 7) is 4.31. The zero-order valence-corrected chi connectivity index (χ0v) is 18.4. The Morgan fingerprint density at radius 2 is 1.94 bits per heavy atom. The van der Waals surface area contributed by atoms with Gasteiger partial charge in [0.25, 0.3) is 0 Å². The summed E-state index contributed by atoms with van der Waals surface area (Å²) in [5, 5.41) is 3.57. The second-order valence-electron chi connectivity index (χ2n) is 9.83. The molecular formula is C24H34N4O3. The lowest BCUT2D eigenvalue weighted by atomic mass is 9.96. The van der Waals surface area contributed by atoms with Crippen LogP contribution in [0, 0.1) is 11.8 Å². The van der Waals surface area contributed by atoms with Crippen LogP contribution in [0.4, 0.5) is 16.2 Å². The van der Waals surface area contributed by atoms with E-state index in [0.717, 1.165) is 49.2 Å². The van der Waals surface area contributed by atoms with E-state index in [1.165, 1.54) is 12.8 Å². The molecule has 1 unspecified atom stereocenters. The number of carbonyl (C=O) groups excluding carboxylic acids is 2. The van der Waals surface area contributed by atoms with E-state index in [2.05, 4.69) is 17.4 Å². The van der Waals surface area contributed by atoms with Crippen LogP contribution < -0.4 is 20.9 Å². The first kappa shape index (κ1) is 20.8. The number of hydrogen-bond donors (Lipinski definition) is 2. The number of nitrogens with zero attached hydrogens (tertiary/aromatic N) is 2. The van der Waals surface area contributed by atoms with E-state index < -0.39 is 0 Å². The van der Waals surface area contributed by atoms with Crippen LogP contribution in [0.3, 0.4) is 0 Å². The molecule has 31 heavy (non-hydrogen) atoms. The molecule has 1 aromatic rings. The Morgan fingerprint density at radius 3 is 2.58 bits per heavy atom. The van der Waals surface area contributed by atoms with Crippen LogP contribution in [0.5, 0.6) is 0 Å². The lowest BCUT2D eigenvalue weighted by Gasteiger charge is -2.41. The van der Waals surface area contributed by atoms with Gasteiger partial charge in [0.15, 0.2) is 0 Å². The Morgan fingerprint density at radius 1 is 1.16 bits per heavy atom. The van der Waals surface area contributed by atoms with Crippen molar-refractivity contribution < 1.29 is 14.3 Å². The van der Waals surface area contributed by atoms with Crippen molar-refractivity contribution in [1.82, 2.24) is 5.32 Å². The van der Waals surface area contributed by atoms with Crippen molar-refractivity contribution in [1.29, 1.82) is 0 Å². The lowest BCUT2D eigenvalue weighted by molar-refractivity contribution is -0.120. The number of amides is 2. The molecule has 4 aliphatic rings. The molecule has 5 rings (SSSR count). The molecule has 3 N–H and O–H groups in total. The van der Waals surface area contributed by atoms with Crippen LogP contribution in [0.2, 0.25) is 0 Å². The Kier molecular flexibility index (Phi) is 5.65. The lowest BCUT2D eigenvalue weighted by Crippen LogP contribution is -2.52. The summed E-state index contributed by atoms with van der Waals surface area (Å²) in [5.41, 5.74) is 8.79. The summed E-state index contributed by atoms with van der Waals surface area (Å²) in [7, 11) is 0. The molecule has 1 heterocycles. The number of fused-ring (bicyclic) bond motifs is 1. The maximum Gasteiger partial charge on any atom is 0.414 e. The van der Waals surface area contributed by atoms with E-state index in [-0.39, 0.29) is 29.9 Å². The third-order valence-corrected chi connectivity index (χ3v) is 6.95. The molecule has 0 bridgehead atoms. The standard InChI is InChI=1S/C24H34N4O3/c1-15-13-27(24(30)31-14-16-2-3-16)22-10-18(19(11-25)12-26-20-7-8-20)6-9-21(22)28(15)23(29)17-4-5-17/h6,9-10,15-17,19-20,26H,2-5,7-8,11-14,25H2,1H3/t15-,19?/m0/s1. The molecular weight excluding hydrogens is 392 g/mol.